The van der Waals surface area contributed by atoms with Crippen molar-refractivity contribution in [3.63, 3.8) is 0 Å². The number of hydrogen-bond donors (Lipinski definition) is 3. The molecule has 0 heterocycles. The average Bonchev–Trinajstić information content (AvgIpc) is 3.31. The molecule has 0 saturated heterocycles. The van der Waals surface area contributed by atoms with Crippen LogP contribution in [0.4, 0.5) is 5.69 Å². The molecule has 0 spiro atoms. The van der Waals surface area contributed by atoms with Gasteiger partial charge in [0.2, 0.25) is 5.91 Å². The molecule has 90 heavy (non-hydrogen) atoms. The van der Waals surface area contributed by atoms with Gasteiger partial charge in [-0.1, -0.05) is 213 Å². The highest BCUT2D eigenvalue weighted by Gasteiger charge is 1.96. The van der Waals surface area contributed by atoms with Gasteiger partial charge in [-0.05, 0) is 122 Å². The molecular weight excluding hydrogens is 1150 g/mol. The molecule has 0 aliphatic rings. The number of methoxy groups -OCH3 is 3. The van der Waals surface area contributed by atoms with E-state index < -0.39 is 9.84 Å². The Bertz CT molecular complexity index is 1830. The lowest BCUT2D eigenvalue weighted by molar-refractivity contribution is -0.138. The fourth-order valence-corrected chi connectivity index (χ4v) is 2.32. The number of carbonyl (C=O) groups is 5. The van der Waals surface area contributed by atoms with E-state index in [0.29, 0.717) is 25.0 Å². The SMILES string of the molecule is C.C.C.C.C.C.C.C.C.C.CC(=O)N(C)C.CC(=O)c1ccc(C)cc1.CC(C)(C)C.CC(C)=O.CCC.CCC(C)=O.CCNc1ccc(C)cc1.CN(C)C.CN=C(C)C.CNC.COC.COC(C)=O.COCCN.CS(C)(=O)=O.Cc1ccccc1. The van der Waals surface area contributed by atoms with E-state index in [9.17, 15) is 32.4 Å². The Balaban J connectivity index is -0.0000000277. The van der Waals surface area contributed by atoms with Crippen LogP contribution in [0.5, 0.6) is 0 Å². The number of esters is 1. The van der Waals surface area contributed by atoms with Crippen molar-refractivity contribution in [1.82, 2.24) is 15.1 Å². The van der Waals surface area contributed by atoms with Gasteiger partial charge >= 0.3 is 5.97 Å². The monoisotopic (exact) mass is 1320 g/mol. The number of nitrogens with one attached hydrogen (secondary N) is 2. The molecule has 0 aliphatic carbocycles. The summed E-state index contributed by atoms with van der Waals surface area (Å²) in [6.45, 7) is 38.5. The molecule has 0 atom stereocenters. The van der Waals surface area contributed by atoms with E-state index in [1.54, 1.807) is 56.3 Å². The molecule has 554 valence electrons. The number of rotatable bonds is 6. The maximum atomic E-state index is 10.8. The predicted octanol–water partition coefficient (Wildman–Crippen LogP) is 18.9. The smallest absolute Gasteiger partial charge is 0.302 e. The van der Waals surface area contributed by atoms with Crippen molar-refractivity contribution in [2.75, 3.05) is 122 Å². The summed E-state index contributed by atoms with van der Waals surface area (Å²) in [6.07, 6.45) is 4.24. The lowest BCUT2D eigenvalue weighted by Crippen LogP contribution is -2.17. The largest absolute Gasteiger partial charge is 0.469 e. The number of hydrogen-bond acceptors (Lipinski definition) is 15. The van der Waals surface area contributed by atoms with Crippen LogP contribution in [-0.2, 0) is 43.2 Å². The summed E-state index contributed by atoms with van der Waals surface area (Å²) < 4.78 is 32.2. The molecule has 3 aromatic carbocycles. The fourth-order valence-electron chi connectivity index (χ4n) is 2.32. The average molecular weight is 1320 g/mol. The fraction of sp³-hybridized carbons (Fsp3) is 0.671. The highest BCUT2D eigenvalue weighted by atomic mass is 32.2. The first-order valence-electron chi connectivity index (χ1n) is 26.4. The second-order valence-corrected chi connectivity index (χ2v) is 21.9. The zero-order chi connectivity index (χ0) is 66.5. The minimum atomic E-state index is -2.67. The molecule has 0 aliphatic heterocycles. The summed E-state index contributed by atoms with van der Waals surface area (Å²) in [6, 6.07) is 26.2. The van der Waals surface area contributed by atoms with E-state index in [1.165, 1.54) is 68.5 Å². The number of nitrogens with two attached hydrogens (primary N) is 1. The van der Waals surface area contributed by atoms with Gasteiger partial charge < -0.3 is 50.0 Å². The van der Waals surface area contributed by atoms with Crippen LogP contribution in [0, 0.1) is 26.2 Å². The van der Waals surface area contributed by atoms with Crippen LogP contribution in [0.25, 0.3) is 0 Å². The van der Waals surface area contributed by atoms with Crippen molar-refractivity contribution in [2.24, 2.45) is 16.1 Å². The van der Waals surface area contributed by atoms with Crippen molar-refractivity contribution in [1.29, 1.82) is 0 Å². The summed E-state index contributed by atoms with van der Waals surface area (Å²) >= 11 is 0. The lowest BCUT2D eigenvalue weighted by atomic mass is 10.0. The molecule has 0 saturated carbocycles. The summed E-state index contributed by atoms with van der Waals surface area (Å²) in [5, 5.41) is 5.98. The van der Waals surface area contributed by atoms with Gasteiger partial charge in [0.05, 0.1) is 13.7 Å². The van der Waals surface area contributed by atoms with Gasteiger partial charge in [0, 0.05) is 105 Å². The molecule has 4 N–H and O–H groups in total. The minimum absolute atomic E-state index is 0. The van der Waals surface area contributed by atoms with E-state index in [0.717, 1.165) is 30.3 Å². The summed E-state index contributed by atoms with van der Waals surface area (Å²) in [5.74, 6) is 0.394. The maximum Gasteiger partial charge on any atom is 0.302 e. The molecule has 3 rings (SSSR count). The second kappa shape index (κ2) is 118. The highest BCUT2D eigenvalue weighted by molar-refractivity contribution is 7.89. The van der Waals surface area contributed by atoms with Gasteiger partial charge in [0.15, 0.2) is 5.78 Å². The van der Waals surface area contributed by atoms with Crippen molar-refractivity contribution in [2.45, 2.75) is 219 Å². The van der Waals surface area contributed by atoms with Crippen LogP contribution < -0.4 is 16.4 Å². The van der Waals surface area contributed by atoms with E-state index in [2.05, 4.69) is 129 Å². The van der Waals surface area contributed by atoms with Crippen LogP contribution in [0.3, 0.4) is 0 Å². The quantitative estimate of drug-likeness (QED) is 0.119. The summed E-state index contributed by atoms with van der Waals surface area (Å²) in [5.41, 5.74) is 12.4. The Morgan fingerprint density at radius 3 is 0.900 bits per heavy atom. The minimum Gasteiger partial charge on any atom is -0.469 e. The third-order valence-electron chi connectivity index (χ3n) is 6.02. The van der Waals surface area contributed by atoms with Crippen molar-refractivity contribution < 1.29 is 46.6 Å². The number of aryl methyl sites for hydroxylation is 3. The molecule has 0 unspecified atom stereocenters. The number of amides is 1. The number of nitrogens with zero attached hydrogens (tertiary/aromatic N) is 3. The number of carbonyl (C=O) groups excluding carboxylic acids is 5. The molecule has 17 heteroatoms. The Kier molecular flexibility index (Phi) is 198. The standard InChI is InChI=1S/C9H13N.C9H10O.C7H8.C5H12.C4H9NO.C4H9N.C4H8O.C3H9NO.C3H9N.C3H6O2.C3H6O.C3H8.C2H7N.C2H6O2S.C2H6O.10CH4/c1-3-10-9-6-4-8(2)5-7-9;1-7-3-5-9(6-4-7)8(2)10;1-7-5-3-2-4-6-7;1-5(2,3)4;1-4(6)5(2)3;1-4(2)5-3;1-3-4(2)5;1-5-3-2-4;1-4(2)3;1-3(4)5-2;1-3(2)4;2*1-3-2;1-5(2,3)4;1-3-2;;;;;;;;;;/h4-7,10H,3H2,1-2H3;3-6H,1-2H3;2-6H,1H3;1-4H3;1-3H3;1-3H3;3H2,1-2H3;2-4H2,1H3;1-3H3;1-2H3;1-2H3;3H2,1-2H3;3H,1-2H3;1-2H3;1-2H3;10*1H4. The Labute approximate surface area is 567 Å². The number of benzene rings is 3. The number of anilines is 1. The zero-order valence-corrected chi connectivity index (χ0v) is 58.3. The molecular formula is C73H166N6O10S. The van der Waals surface area contributed by atoms with Crippen molar-refractivity contribution in [3.8, 4) is 0 Å². The third-order valence-corrected chi connectivity index (χ3v) is 6.02. The molecule has 1 amide bonds. The molecule has 3 aromatic rings. The van der Waals surface area contributed by atoms with Gasteiger partial charge in [0.25, 0.3) is 0 Å². The topological polar surface area (TPSA) is 216 Å². The van der Waals surface area contributed by atoms with Gasteiger partial charge in [-0.2, -0.15) is 0 Å². The van der Waals surface area contributed by atoms with Gasteiger partial charge in [0.1, 0.15) is 21.4 Å². The number of ether oxygens (including phenoxy) is 3. The van der Waals surface area contributed by atoms with E-state index in [1.807, 2.05) is 110 Å². The Hall–Kier alpha value is -5.17. The first-order valence-corrected chi connectivity index (χ1v) is 28.7. The zero-order valence-electron chi connectivity index (χ0n) is 57.5. The Morgan fingerprint density at radius 2 is 0.789 bits per heavy atom. The number of sulfone groups is 1. The molecule has 0 aromatic heterocycles. The van der Waals surface area contributed by atoms with Crippen LogP contribution in [-0.4, -0.2) is 170 Å². The first-order chi connectivity index (χ1) is 36.5. The molecule has 0 bridgehead atoms. The van der Waals surface area contributed by atoms with Crippen LogP contribution in [0.2, 0.25) is 0 Å². The number of aliphatic imine (C=N–C) groups is 1. The normalized spacial score (nSPS) is 7.54. The van der Waals surface area contributed by atoms with Crippen molar-refractivity contribution in [3.05, 3.63) is 101 Å². The first kappa shape index (κ1) is 151. The highest BCUT2D eigenvalue weighted by Crippen LogP contribution is 2.08. The summed E-state index contributed by atoms with van der Waals surface area (Å²) in [4.78, 5) is 57.0. The van der Waals surface area contributed by atoms with Crippen LogP contribution >= 0.6 is 0 Å². The predicted molar refractivity (Wildman–Crippen MR) is 419 cm³/mol. The van der Waals surface area contributed by atoms with Gasteiger partial charge in [-0.15, -0.1) is 0 Å². The van der Waals surface area contributed by atoms with E-state index in [-0.39, 0.29) is 103 Å². The van der Waals surface area contributed by atoms with Crippen LogP contribution in [0.1, 0.15) is 225 Å². The maximum absolute atomic E-state index is 10.8. The molecule has 0 fully saturated rings. The Morgan fingerprint density at radius 1 is 0.578 bits per heavy atom. The lowest BCUT2D eigenvalue weighted by Gasteiger charge is -2.05. The number of ketones is 3. The third kappa shape index (κ3) is 317. The van der Waals surface area contributed by atoms with E-state index in [4.69, 9.17) is 5.73 Å². The van der Waals surface area contributed by atoms with Gasteiger partial charge in [-0.25, -0.2) is 8.42 Å². The summed E-state index contributed by atoms with van der Waals surface area (Å²) in [7, 11) is 18.6. The number of Topliss-reactive ketones (excluding diaryl/α,β-unsaturated/α-hetero) is 3. The van der Waals surface area contributed by atoms with Gasteiger partial charge in [-0.3, -0.25) is 19.4 Å². The van der Waals surface area contributed by atoms with Crippen molar-refractivity contribution >= 4 is 50.5 Å². The van der Waals surface area contributed by atoms with Crippen LogP contribution in [0.15, 0.2) is 83.9 Å². The molecule has 0 radical (unpaired) electrons. The van der Waals surface area contributed by atoms with E-state index >= 15 is 0 Å². The second-order valence-electron chi connectivity index (χ2n) is 19.6. The molecule has 16 nitrogen and oxygen atoms in total.